The Kier molecular flexibility index (Phi) is 4.36. The van der Waals surface area contributed by atoms with Crippen LogP contribution in [0.15, 0.2) is 78.9 Å². The molecule has 0 spiro atoms. The van der Waals surface area contributed by atoms with Crippen LogP contribution in [0, 0.1) is 0 Å². The molecular formula is C26H23NO2. The second kappa shape index (κ2) is 7.17. The fourth-order valence-corrected chi connectivity index (χ4v) is 4.36. The minimum absolute atomic E-state index is 0.739. The summed E-state index contributed by atoms with van der Waals surface area (Å²) in [4.78, 5) is 0. The zero-order chi connectivity index (χ0) is 19.8. The molecule has 0 aliphatic heterocycles. The van der Waals surface area contributed by atoms with Crippen molar-refractivity contribution in [2.24, 2.45) is 0 Å². The molecule has 1 aromatic heterocycles. The van der Waals surface area contributed by atoms with Crippen LogP contribution in [0.25, 0.3) is 28.1 Å². The van der Waals surface area contributed by atoms with E-state index in [0.717, 1.165) is 30.0 Å². The lowest BCUT2D eigenvalue weighted by Gasteiger charge is -2.20. The van der Waals surface area contributed by atoms with Crippen LogP contribution in [-0.2, 0) is 12.8 Å². The summed E-state index contributed by atoms with van der Waals surface area (Å²) in [7, 11) is 3.35. The second-order valence-corrected chi connectivity index (χ2v) is 7.29. The van der Waals surface area contributed by atoms with Crippen molar-refractivity contribution in [1.29, 1.82) is 0 Å². The summed E-state index contributed by atoms with van der Waals surface area (Å²) in [5.41, 5.74) is 8.90. The minimum Gasteiger partial charge on any atom is -0.493 e. The molecule has 1 aliphatic carbocycles. The Morgan fingerprint density at radius 1 is 0.690 bits per heavy atom. The Labute approximate surface area is 171 Å². The van der Waals surface area contributed by atoms with Crippen molar-refractivity contribution in [3.8, 4) is 39.6 Å². The summed E-state index contributed by atoms with van der Waals surface area (Å²) in [6.07, 6.45) is 2.06. The number of benzene rings is 3. The zero-order valence-corrected chi connectivity index (χ0v) is 16.7. The maximum atomic E-state index is 5.58. The standard InChI is InChI=1S/C26H23NO2/c1-28-25-15-13-20(16-26(25)29-2)27-23-14-12-18-8-6-7-11-21(18)22(23)17-24(27)19-9-4-3-5-10-19/h3-11,13,15-17H,12,14H2,1-2H3. The van der Waals surface area contributed by atoms with Crippen molar-refractivity contribution in [2.45, 2.75) is 12.8 Å². The van der Waals surface area contributed by atoms with Crippen LogP contribution in [0.1, 0.15) is 11.3 Å². The normalized spacial score (nSPS) is 12.2. The maximum absolute atomic E-state index is 5.58. The molecule has 3 aromatic carbocycles. The number of rotatable bonds is 4. The van der Waals surface area contributed by atoms with Crippen LogP contribution >= 0.6 is 0 Å². The third kappa shape index (κ3) is 2.90. The first-order valence-corrected chi connectivity index (χ1v) is 9.91. The smallest absolute Gasteiger partial charge is 0.162 e. The van der Waals surface area contributed by atoms with E-state index in [1.807, 2.05) is 6.07 Å². The maximum Gasteiger partial charge on any atom is 0.162 e. The molecule has 0 unspecified atom stereocenters. The van der Waals surface area contributed by atoms with Gasteiger partial charge >= 0.3 is 0 Å². The Bertz CT molecular complexity index is 1170. The SMILES string of the molecule is COc1ccc(-n2c(-c3ccccc3)cc3c2CCc2ccccc2-3)cc1OC. The highest BCUT2D eigenvalue weighted by molar-refractivity contribution is 5.80. The van der Waals surface area contributed by atoms with Gasteiger partial charge in [0.1, 0.15) is 0 Å². The topological polar surface area (TPSA) is 23.4 Å². The van der Waals surface area contributed by atoms with Gasteiger partial charge < -0.3 is 14.0 Å². The Morgan fingerprint density at radius 2 is 1.45 bits per heavy atom. The second-order valence-electron chi connectivity index (χ2n) is 7.29. The van der Waals surface area contributed by atoms with Crippen LogP contribution in [0.4, 0.5) is 0 Å². The molecule has 1 aliphatic rings. The minimum atomic E-state index is 0.739. The molecule has 1 heterocycles. The van der Waals surface area contributed by atoms with Gasteiger partial charge in [-0.15, -0.1) is 0 Å². The van der Waals surface area contributed by atoms with E-state index in [4.69, 9.17) is 9.47 Å². The summed E-state index contributed by atoms with van der Waals surface area (Å²) in [5.74, 6) is 1.48. The molecule has 0 atom stereocenters. The van der Waals surface area contributed by atoms with Gasteiger partial charge in [0.25, 0.3) is 0 Å². The Balaban J connectivity index is 1.78. The summed E-state index contributed by atoms with van der Waals surface area (Å²) in [5, 5.41) is 0. The molecule has 4 aromatic rings. The number of ether oxygens (including phenoxy) is 2. The van der Waals surface area contributed by atoms with Gasteiger partial charge in [0, 0.05) is 23.0 Å². The quantitative estimate of drug-likeness (QED) is 0.437. The van der Waals surface area contributed by atoms with E-state index >= 15 is 0 Å². The molecule has 0 fully saturated rings. The summed E-state index contributed by atoms with van der Waals surface area (Å²) in [6.45, 7) is 0. The predicted molar refractivity (Wildman–Crippen MR) is 117 cm³/mol. The van der Waals surface area contributed by atoms with Crippen molar-refractivity contribution < 1.29 is 9.47 Å². The number of aromatic nitrogens is 1. The number of methoxy groups -OCH3 is 2. The molecule has 0 amide bonds. The van der Waals surface area contributed by atoms with E-state index in [-0.39, 0.29) is 0 Å². The van der Waals surface area contributed by atoms with E-state index < -0.39 is 0 Å². The van der Waals surface area contributed by atoms with Crippen LogP contribution in [0.3, 0.4) is 0 Å². The molecule has 3 heteroatoms. The van der Waals surface area contributed by atoms with Gasteiger partial charge in [-0.25, -0.2) is 0 Å². The summed E-state index contributed by atoms with van der Waals surface area (Å²) >= 11 is 0. The molecule has 0 saturated heterocycles. The van der Waals surface area contributed by atoms with Crippen molar-refractivity contribution in [1.82, 2.24) is 4.57 Å². The van der Waals surface area contributed by atoms with Crippen molar-refractivity contribution in [2.75, 3.05) is 14.2 Å². The van der Waals surface area contributed by atoms with Crippen LogP contribution in [0.2, 0.25) is 0 Å². The van der Waals surface area contributed by atoms with Gasteiger partial charge in [-0.1, -0.05) is 54.6 Å². The highest BCUT2D eigenvalue weighted by Gasteiger charge is 2.24. The van der Waals surface area contributed by atoms with E-state index in [0.29, 0.717) is 0 Å². The van der Waals surface area contributed by atoms with Crippen LogP contribution in [0.5, 0.6) is 11.5 Å². The van der Waals surface area contributed by atoms with Gasteiger partial charge in [-0.05, 0) is 47.7 Å². The van der Waals surface area contributed by atoms with Gasteiger partial charge in [-0.3, -0.25) is 0 Å². The molecule has 0 bridgehead atoms. The molecule has 3 nitrogen and oxygen atoms in total. The first-order valence-electron chi connectivity index (χ1n) is 9.91. The van der Waals surface area contributed by atoms with E-state index in [1.165, 1.54) is 33.6 Å². The monoisotopic (exact) mass is 381 g/mol. The summed E-state index contributed by atoms with van der Waals surface area (Å²) < 4.78 is 13.4. The van der Waals surface area contributed by atoms with Crippen molar-refractivity contribution >= 4 is 0 Å². The van der Waals surface area contributed by atoms with E-state index in [9.17, 15) is 0 Å². The summed E-state index contributed by atoms with van der Waals surface area (Å²) in [6, 6.07) is 27.8. The van der Waals surface area contributed by atoms with E-state index in [2.05, 4.69) is 77.4 Å². The number of hydrogen-bond acceptors (Lipinski definition) is 2. The molecule has 144 valence electrons. The predicted octanol–water partition coefficient (Wildman–Crippen LogP) is 5.93. The lowest BCUT2D eigenvalue weighted by molar-refractivity contribution is 0.355. The number of hydrogen-bond donors (Lipinski definition) is 0. The Hall–Kier alpha value is -3.46. The molecule has 0 N–H and O–H groups in total. The lowest BCUT2D eigenvalue weighted by atomic mass is 9.90. The van der Waals surface area contributed by atoms with Gasteiger partial charge in [0.05, 0.1) is 19.9 Å². The van der Waals surface area contributed by atoms with Crippen LogP contribution in [-0.4, -0.2) is 18.8 Å². The van der Waals surface area contributed by atoms with Crippen molar-refractivity contribution in [3.63, 3.8) is 0 Å². The molecule has 0 saturated carbocycles. The third-order valence-corrected chi connectivity index (χ3v) is 5.74. The third-order valence-electron chi connectivity index (χ3n) is 5.74. The van der Waals surface area contributed by atoms with Gasteiger partial charge in [0.15, 0.2) is 11.5 Å². The number of aryl methyl sites for hydroxylation is 1. The number of fused-ring (bicyclic) bond motifs is 3. The Morgan fingerprint density at radius 3 is 2.24 bits per heavy atom. The average molecular weight is 381 g/mol. The average Bonchev–Trinajstić information content (AvgIpc) is 3.19. The number of nitrogens with zero attached hydrogens (tertiary/aromatic N) is 1. The molecule has 0 radical (unpaired) electrons. The zero-order valence-electron chi connectivity index (χ0n) is 16.7. The molecule has 29 heavy (non-hydrogen) atoms. The lowest BCUT2D eigenvalue weighted by Crippen LogP contribution is -2.09. The van der Waals surface area contributed by atoms with Gasteiger partial charge in [0.2, 0.25) is 0 Å². The first-order chi connectivity index (χ1) is 14.3. The molecule has 5 rings (SSSR count). The first kappa shape index (κ1) is 17.6. The van der Waals surface area contributed by atoms with Gasteiger partial charge in [-0.2, -0.15) is 0 Å². The largest absolute Gasteiger partial charge is 0.493 e. The van der Waals surface area contributed by atoms with Crippen LogP contribution < -0.4 is 9.47 Å². The van der Waals surface area contributed by atoms with Crippen molar-refractivity contribution in [3.05, 3.63) is 90.1 Å². The fraction of sp³-hybridized carbons (Fsp3) is 0.154. The highest BCUT2D eigenvalue weighted by atomic mass is 16.5. The fourth-order valence-electron chi connectivity index (χ4n) is 4.36. The molecular weight excluding hydrogens is 358 g/mol. The van der Waals surface area contributed by atoms with E-state index in [1.54, 1.807) is 14.2 Å². The highest BCUT2D eigenvalue weighted by Crippen LogP contribution is 2.41.